The maximum Gasteiger partial charge on any atom is 0.306 e. The van der Waals surface area contributed by atoms with E-state index in [0.717, 1.165) is 40.5 Å². The largest absolute Gasteiger partial charge is 0.490 e. The van der Waals surface area contributed by atoms with Crippen molar-refractivity contribution in [2.45, 2.75) is 59.2 Å². The third-order valence-electron chi connectivity index (χ3n) is 4.61. The van der Waals surface area contributed by atoms with Crippen molar-refractivity contribution in [3.63, 3.8) is 0 Å². The van der Waals surface area contributed by atoms with Gasteiger partial charge in [0.15, 0.2) is 0 Å². The fourth-order valence-electron chi connectivity index (χ4n) is 3.42. The third-order valence-corrected chi connectivity index (χ3v) is 4.61. The monoisotopic (exact) mass is 352 g/mol. The van der Waals surface area contributed by atoms with E-state index < -0.39 is 0 Å². The minimum atomic E-state index is -0.327. The van der Waals surface area contributed by atoms with Crippen LogP contribution < -0.4 is 4.74 Å². The van der Waals surface area contributed by atoms with Gasteiger partial charge in [-0.3, -0.25) is 4.79 Å². The first-order valence-electron chi connectivity index (χ1n) is 9.55. The van der Waals surface area contributed by atoms with E-state index in [4.69, 9.17) is 9.47 Å². The quantitative estimate of drug-likeness (QED) is 0.568. The van der Waals surface area contributed by atoms with Crippen molar-refractivity contribution in [2.24, 2.45) is 5.92 Å². The van der Waals surface area contributed by atoms with Crippen LogP contribution in [0.5, 0.6) is 5.75 Å². The van der Waals surface area contributed by atoms with Gasteiger partial charge >= 0.3 is 5.97 Å². The second-order valence-corrected chi connectivity index (χ2v) is 7.64. The topological polar surface area (TPSA) is 35.5 Å². The first-order valence-corrected chi connectivity index (χ1v) is 9.55. The van der Waals surface area contributed by atoms with E-state index in [1.54, 1.807) is 0 Å². The average molecular weight is 352 g/mol. The number of benzene rings is 2. The van der Waals surface area contributed by atoms with Crippen LogP contribution in [0.1, 0.15) is 64.2 Å². The summed E-state index contributed by atoms with van der Waals surface area (Å²) in [5.41, 5.74) is 2.10. The predicted octanol–water partition coefficient (Wildman–Crippen LogP) is 6.06. The zero-order chi connectivity index (χ0) is 18.7. The molecule has 2 aromatic rings. The van der Waals surface area contributed by atoms with Crippen LogP contribution in [0.25, 0.3) is 16.8 Å². The van der Waals surface area contributed by atoms with Crippen LogP contribution in [-0.4, -0.2) is 12.1 Å². The molecule has 3 rings (SSSR count). The molecule has 1 aliphatic rings. The van der Waals surface area contributed by atoms with Gasteiger partial charge in [0.05, 0.1) is 6.10 Å². The summed E-state index contributed by atoms with van der Waals surface area (Å²) in [4.78, 5) is 12.3. The summed E-state index contributed by atoms with van der Waals surface area (Å²) >= 11 is 0. The maximum absolute atomic E-state index is 12.3. The summed E-state index contributed by atoms with van der Waals surface area (Å²) in [5, 5.41) is 2.26. The summed E-state index contributed by atoms with van der Waals surface area (Å²) in [6, 6.07) is 10.2. The van der Waals surface area contributed by atoms with E-state index in [0.29, 0.717) is 12.3 Å². The number of esters is 1. The Morgan fingerprint density at radius 3 is 2.65 bits per heavy atom. The Morgan fingerprint density at radius 2 is 1.92 bits per heavy atom. The molecule has 0 saturated carbocycles. The lowest BCUT2D eigenvalue weighted by atomic mass is 9.90. The van der Waals surface area contributed by atoms with Gasteiger partial charge in [-0.25, -0.2) is 0 Å². The fraction of sp³-hybridized carbons (Fsp3) is 0.435. The normalized spacial score (nSPS) is 15.7. The SMILES string of the molecule is CC(C)CCCC(=O)OC1C=Cc2c(OC(C)C)ccc3cccc1c23. The zero-order valence-corrected chi connectivity index (χ0v) is 16.1. The Morgan fingerprint density at radius 1 is 1.12 bits per heavy atom. The standard InChI is InChI=1S/C23H28O3/c1-15(2)7-5-10-22(24)26-21-14-12-19-20(25-16(3)4)13-11-17-8-6-9-18(21)23(17)19/h6,8-9,11-16,21H,5,7,10H2,1-4H3. The Bertz CT molecular complexity index is 818. The van der Waals surface area contributed by atoms with Gasteiger partial charge in [-0.15, -0.1) is 0 Å². The second kappa shape index (κ2) is 7.94. The molecule has 0 spiro atoms. The molecule has 3 heteroatoms. The Labute approximate surface area is 156 Å². The van der Waals surface area contributed by atoms with Gasteiger partial charge in [0, 0.05) is 17.5 Å². The van der Waals surface area contributed by atoms with Crippen molar-refractivity contribution in [2.75, 3.05) is 0 Å². The smallest absolute Gasteiger partial charge is 0.306 e. The summed E-state index contributed by atoms with van der Waals surface area (Å²) in [6.45, 7) is 8.39. The van der Waals surface area contributed by atoms with Crippen molar-refractivity contribution in [3.05, 3.63) is 47.5 Å². The lowest BCUT2D eigenvalue weighted by molar-refractivity contribution is -0.147. The average Bonchev–Trinajstić information content (AvgIpc) is 2.58. The molecule has 2 aromatic carbocycles. The molecular weight excluding hydrogens is 324 g/mol. The van der Waals surface area contributed by atoms with E-state index in [1.165, 1.54) is 0 Å². The van der Waals surface area contributed by atoms with Crippen molar-refractivity contribution in [3.8, 4) is 5.75 Å². The van der Waals surface area contributed by atoms with Crippen LogP contribution in [0, 0.1) is 5.92 Å². The van der Waals surface area contributed by atoms with Gasteiger partial charge in [-0.1, -0.05) is 50.6 Å². The van der Waals surface area contributed by atoms with Gasteiger partial charge in [0.1, 0.15) is 11.9 Å². The molecule has 1 unspecified atom stereocenters. The zero-order valence-electron chi connectivity index (χ0n) is 16.1. The Kier molecular flexibility index (Phi) is 5.65. The van der Waals surface area contributed by atoms with Gasteiger partial charge in [-0.05, 0) is 49.1 Å². The molecule has 1 aliphatic carbocycles. The van der Waals surface area contributed by atoms with Crippen LogP contribution >= 0.6 is 0 Å². The molecule has 0 aliphatic heterocycles. The van der Waals surface area contributed by atoms with Gasteiger partial charge in [-0.2, -0.15) is 0 Å². The first-order chi connectivity index (χ1) is 12.5. The first kappa shape index (κ1) is 18.5. The number of hydrogen-bond donors (Lipinski definition) is 0. The Balaban J connectivity index is 1.85. The number of rotatable bonds is 7. The third kappa shape index (κ3) is 4.09. The van der Waals surface area contributed by atoms with E-state index in [2.05, 4.69) is 26.0 Å². The van der Waals surface area contributed by atoms with E-state index in [1.807, 2.05) is 44.2 Å². The van der Waals surface area contributed by atoms with E-state index >= 15 is 0 Å². The molecule has 0 radical (unpaired) electrons. The van der Waals surface area contributed by atoms with Crippen molar-refractivity contribution < 1.29 is 14.3 Å². The van der Waals surface area contributed by atoms with Crippen molar-refractivity contribution in [1.82, 2.24) is 0 Å². The van der Waals surface area contributed by atoms with Gasteiger partial charge in [0.2, 0.25) is 0 Å². The molecule has 3 nitrogen and oxygen atoms in total. The minimum absolute atomic E-state index is 0.112. The van der Waals surface area contributed by atoms with Crippen LogP contribution in [0.3, 0.4) is 0 Å². The van der Waals surface area contributed by atoms with E-state index in [-0.39, 0.29) is 18.2 Å². The summed E-state index contributed by atoms with van der Waals surface area (Å²) in [5.74, 6) is 1.35. The van der Waals surface area contributed by atoms with Crippen molar-refractivity contribution >= 4 is 22.8 Å². The van der Waals surface area contributed by atoms with Crippen LogP contribution in [-0.2, 0) is 9.53 Å². The molecule has 0 amide bonds. The Hall–Kier alpha value is -2.29. The summed E-state index contributed by atoms with van der Waals surface area (Å²) in [6.07, 6.45) is 6.17. The highest BCUT2D eigenvalue weighted by molar-refractivity contribution is 5.97. The number of hydrogen-bond acceptors (Lipinski definition) is 3. The highest BCUT2D eigenvalue weighted by Gasteiger charge is 2.23. The van der Waals surface area contributed by atoms with Gasteiger partial charge < -0.3 is 9.47 Å². The molecule has 0 heterocycles. The molecule has 0 bridgehead atoms. The molecule has 0 N–H and O–H groups in total. The summed E-state index contributed by atoms with van der Waals surface area (Å²) in [7, 11) is 0. The van der Waals surface area contributed by atoms with Crippen LogP contribution in [0.2, 0.25) is 0 Å². The van der Waals surface area contributed by atoms with Crippen molar-refractivity contribution in [1.29, 1.82) is 0 Å². The number of ether oxygens (including phenoxy) is 2. The lowest BCUT2D eigenvalue weighted by Crippen LogP contribution is -2.13. The fourth-order valence-corrected chi connectivity index (χ4v) is 3.42. The summed E-state index contributed by atoms with van der Waals surface area (Å²) < 4.78 is 11.7. The molecule has 1 atom stereocenters. The molecule has 26 heavy (non-hydrogen) atoms. The van der Waals surface area contributed by atoms with Gasteiger partial charge in [0.25, 0.3) is 0 Å². The molecular formula is C23H28O3. The molecule has 0 saturated heterocycles. The van der Waals surface area contributed by atoms with E-state index in [9.17, 15) is 4.79 Å². The highest BCUT2D eigenvalue weighted by atomic mass is 16.5. The highest BCUT2D eigenvalue weighted by Crippen LogP contribution is 2.40. The van der Waals surface area contributed by atoms with Crippen LogP contribution in [0.15, 0.2) is 36.4 Å². The number of carbonyl (C=O) groups is 1. The number of carbonyl (C=O) groups excluding carboxylic acids is 1. The lowest BCUT2D eigenvalue weighted by Gasteiger charge is -2.24. The maximum atomic E-state index is 12.3. The van der Waals surface area contributed by atoms with Crippen LogP contribution in [0.4, 0.5) is 0 Å². The predicted molar refractivity (Wildman–Crippen MR) is 106 cm³/mol. The molecule has 0 fully saturated rings. The molecule has 138 valence electrons. The minimum Gasteiger partial charge on any atom is -0.490 e. The second-order valence-electron chi connectivity index (χ2n) is 7.64. The molecule has 0 aromatic heterocycles.